The van der Waals surface area contributed by atoms with Gasteiger partial charge in [0, 0.05) is 19.7 Å². The summed E-state index contributed by atoms with van der Waals surface area (Å²) in [4.78, 5) is 0. The molecule has 0 heterocycles. The molecule has 0 bridgehead atoms. The molecule has 0 spiro atoms. The van der Waals surface area contributed by atoms with Crippen LogP contribution in [0.3, 0.4) is 0 Å². The summed E-state index contributed by atoms with van der Waals surface area (Å²) in [5.74, 6) is -0.138. The van der Waals surface area contributed by atoms with Gasteiger partial charge in [-0.1, -0.05) is 12.1 Å². The lowest BCUT2D eigenvalue weighted by Gasteiger charge is -2.14. The molecule has 0 radical (unpaired) electrons. The Kier molecular flexibility index (Phi) is 3.79. The molecule has 2 N–H and O–H groups in total. The van der Waals surface area contributed by atoms with Crippen molar-refractivity contribution < 1.29 is 9.50 Å². The van der Waals surface area contributed by atoms with E-state index in [0.717, 1.165) is 18.5 Å². The first-order valence-corrected chi connectivity index (χ1v) is 6.22. The van der Waals surface area contributed by atoms with Crippen LogP contribution in [0.2, 0.25) is 0 Å². The first kappa shape index (κ1) is 12.5. The number of aliphatic hydroxyl groups excluding tert-OH is 1. The van der Waals surface area contributed by atoms with E-state index in [2.05, 4.69) is 5.32 Å². The van der Waals surface area contributed by atoms with Crippen molar-refractivity contribution in [1.82, 2.24) is 5.32 Å². The third-order valence-corrected chi connectivity index (χ3v) is 3.66. The van der Waals surface area contributed by atoms with Gasteiger partial charge in [-0.15, -0.1) is 0 Å². The predicted octanol–water partition coefficient (Wildman–Crippen LogP) is 2.39. The van der Waals surface area contributed by atoms with Gasteiger partial charge in [0.25, 0.3) is 0 Å². The van der Waals surface area contributed by atoms with E-state index in [-0.39, 0.29) is 12.4 Å². The quantitative estimate of drug-likeness (QED) is 0.796. The van der Waals surface area contributed by atoms with Crippen molar-refractivity contribution in [2.45, 2.75) is 32.7 Å². The number of rotatable bonds is 6. The maximum absolute atomic E-state index is 13.3. The average Bonchev–Trinajstić information content (AvgIpc) is 3.04. The van der Waals surface area contributed by atoms with Crippen molar-refractivity contribution in [3.05, 3.63) is 35.1 Å². The van der Waals surface area contributed by atoms with Crippen LogP contribution in [0.4, 0.5) is 4.39 Å². The number of aliphatic hydroxyl groups is 1. The van der Waals surface area contributed by atoms with Crippen LogP contribution >= 0.6 is 0 Å². The Morgan fingerprint density at radius 3 is 2.76 bits per heavy atom. The van der Waals surface area contributed by atoms with Gasteiger partial charge in [-0.25, -0.2) is 4.39 Å². The molecular weight excluding hydrogens is 217 g/mol. The molecule has 0 unspecified atom stereocenters. The van der Waals surface area contributed by atoms with Gasteiger partial charge in [0.15, 0.2) is 0 Å². The summed E-state index contributed by atoms with van der Waals surface area (Å²) in [6.07, 6.45) is 3.27. The van der Waals surface area contributed by atoms with E-state index in [1.54, 1.807) is 13.0 Å². The molecule has 2 nitrogen and oxygen atoms in total. The maximum Gasteiger partial charge on any atom is 0.126 e. The molecule has 0 amide bonds. The van der Waals surface area contributed by atoms with Crippen molar-refractivity contribution >= 4 is 0 Å². The lowest BCUT2D eigenvalue weighted by molar-refractivity contribution is 0.245. The molecule has 0 atom stereocenters. The van der Waals surface area contributed by atoms with E-state index in [0.29, 0.717) is 17.5 Å². The second kappa shape index (κ2) is 5.15. The molecule has 1 aliphatic carbocycles. The summed E-state index contributed by atoms with van der Waals surface area (Å²) in [5.41, 5.74) is 1.98. The number of aryl methyl sites for hydroxylation is 1. The largest absolute Gasteiger partial charge is 0.396 e. The summed E-state index contributed by atoms with van der Waals surface area (Å²) < 4.78 is 13.3. The number of nitrogens with one attached hydrogen (secondary N) is 1. The topological polar surface area (TPSA) is 32.3 Å². The third-order valence-electron chi connectivity index (χ3n) is 3.66. The summed E-state index contributed by atoms with van der Waals surface area (Å²) in [6, 6.07) is 5.36. The van der Waals surface area contributed by atoms with E-state index in [9.17, 15) is 4.39 Å². The Hall–Kier alpha value is -0.930. The highest BCUT2D eigenvalue weighted by Crippen LogP contribution is 2.47. The Labute approximate surface area is 102 Å². The van der Waals surface area contributed by atoms with Crippen LogP contribution in [-0.2, 0) is 6.54 Å². The monoisotopic (exact) mass is 237 g/mol. The fourth-order valence-corrected chi connectivity index (χ4v) is 2.15. The predicted molar refractivity (Wildman–Crippen MR) is 66.2 cm³/mol. The van der Waals surface area contributed by atoms with Crippen LogP contribution in [0.1, 0.15) is 30.4 Å². The SMILES string of the molecule is Cc1ccc(CNCC2(CCO)CC2)cc1F. The number of halogens is 1. The second-order valence-corrected chi connectivity index (χ2v) is 5.16. The van der Waals surface area contributed by atoms with Crippen LogP contribution in [0.15, 0.2) is 18.2 Å². The highest BCUT2D eigenvalue weighted by Gasteiger charge is 2.41. The van der Waals surface area contributed by atoms with Gasteiger partial charge in [-0.2, -0.15) is 0 Å². The third kappa shape index (κ3) is 3.27. The van der Waals surface area contributed by atoms with Crippen molar-refractivity contribution in [2.24, 2.45) is 5.41 Å². The van der Waals surface area contributed by atoms with Gasteiger partial charge in [0.2, 0.25) is 0 Å². The lowest BCUT2D eigenvalue weighted by atomic mass is 10.0. The van der Waals surface area contributed by atoms with Gasteiger partial charge < -0.3 is 10.4 Å². The molecule has 3 heteroatoms. The molecular formula is C14H20FNO. The number of hydrogen-bond donors (Lipinski definition) is 2. The van der Waals surface area contributed by atoms with Gasteiger partial charge >= 0.3 is 0 Å². The minimum atomic E-state index is -0.138. The Balaban J connectivity index is 1.80. The van der Waals surface area contributed by atoms with Crippen molar-refractivity contribution in [2.75, 3.05) is 13.2 Å². The summed E-state index contributed by atoms with van der Waals surface area (Å²) in [7, 11) is 0. The first-order chi connectivity index (χ1) is 8.15. The van der Waals surface area contributed by atoms with E-state index in [1.165, 1.54) is 12.8 Å². The number of hydrogen-bond acceptors (Lipinski definition) is 2. The first-order valence-electron chi connectivity index (χ1n) is 6.22. The Bertz CT molecular complexity index is 388. The Morgan fingerprint density at radius 2 is 2.18 bits per heavy atom. The fraction of sp³-hybridized carbons (Fsp3) is 0.571. The summed E-state index contributed by atoms with van der Waals surface area (Å²) in [6.45, 7) is 3.65. The molecule has 17 heavy (non-hydrogen) atoms. The molecule has 2 rings (SSSR count). The molecule has 1 aromatic rings. The molecule has 1 aliphatic rings. The Morgan fingerprint density at radius 1 is 1.41 bits per heavy atom. The standard InChI is InChI=1S/C14H20FNO/c1-11-2-3-12(8-13(11)15)9-16-10-14(4-5-14)6-7-17/h2-3,8,16-17H,4-7,9-10H2,1H3. The van der Waals surface area contributed by atoms with Gasteiger partial charge in [-0.05, 0) is 48.8 Å². The number of benzene rings is 1. The highest BCUT2D eigenvalue weighted by atomic mass is 19.1. The van der Waals surface area contributed by atoms with Crippen molar-refractivity contribution in [1.29, 1.82) is 0 Å². The van der Waals surface area contributed by atoms with Crippen molar-refractivity contribution in [3.63, 3.8) is 0 Å². The molecule has 1 saturated carbocycles. The van der Waals surface area contributed by atoms with E-state index >= 15 is 0 Å². The molecule has 94 valence electrons. The smallest absolute Gasteiger partial charge is 0.126 e. The molecule has 0 saturated heterocycles. The van der Waals surface area contributed by atoms with Gasteiger partial charge in [0.1, 0.15) is 5.82 Å². The van der Waals surface area contributed by atoms with E-state index < -0.39 is 0 Å². The average molecular weight is 237 g/mol. The fourth-order valence-electron chi connectivity index (χ4n) is 2.15. The van der Waals surface area contributed by atoms with E-state index in [4.69, 9.17) is 5.11 Å². The maximum atomic E-state index is 13.3. The van der Waals surface area contributed by atoms with E-state index in [1.807, 2.05) is 12.1 Å². The van der Waals surface area contributed by atoms with Crippen LogP contribution in [0, 0.1) is 18.2 Å². The zero-order valence-electron chi connectivity index (χ0n) is 10.3. The zero-order valence-corrected chi connectivity index (χ0v) is 10.3. The zero-order chi connectivity index (χ0) is 12.3. The molecule has 0 aromatic heterocycles. The van der Waals surface area contributed by atoms with Crippen LogP contribution in [0.5, 0.6) is 0 Å². The summed E-state index contributed by atoms with van der Waals surface area (Å²) in [5, 5.41) is 12.3. The molecule has 0 aliphatic heterocycles. The van der Waals surface area contributed by atoms with Crippen LogP contribution in [0.25, 0.3) is 0 Å². The van der Waals surface area contributed by atoms with Crippen LogP contribution in [-0.4, -0.2) is 18.3 Å². The van der Waals surface area contributed by atoms with Gasteiger partial charge in [-0.3, -0.25) is 0 Å². The van der Waals surface area contributed by atoms with Crippen molar-refractivity contribution in [3.8, 4) is 0 Å². The normalized spacial score (nSPS) is 17.1. The molecule has 1 fully saturated rings. The van der Waals surface area contributed by atoms with Gasteiger partial charge in [0.05, 0.1) is 0 Å². The minimum absolute atomic E-state index is 0.138. The molecule has 1 aromatic carbocycles. The second-order valence-electron chi connectivity index (χ2n) is 5.16. The summed E-state index contributed by atoms with van der Waals surface area (Å²) >= 11 is 0. The lowest BCUT2D eigenvalue weighted by Crippen LogP contribution is -2.24. The minimum Gasteiger partial charge on any atom is -0.396 e. The highest BCUT2D eigenvalue weighted by molar-refractivity contribution is 5.23. The van der Waals surface area contributed by atoms with Crippen LogP contribution < -0.4 is 5.32 Å².